The number of aromatic nitrogens is 4. The highest BCUT2D eigenvalue weighted by atomic mass is 35.5. The summed E-state index contributed by atoms with van der Waals surface area (Å²) in [5, 5.41) is 24.1. The molecule has 0 fully saturated rings. The van der Waals surface area contributed by atoms with Crippen molar-refractivity contribution in [1.29, 1.82) is 0 Å². The van der Waals surface area contributed by atoms with Crippen LogP contribution in [0.25, 0.3) is 0 Å². The number of halogens is 3. The Morgan fingerprint density at radius 3 is 2.39 bits per heavy atom. The van der Waals surface area contributed by atoms with Crippen LogP contribution in [0.1, 0.15) is 17.8 Å². The van der Waals surface area contributed by atoms with E-state index in [-0.39, 0.29) is 27.2 Å². The van der Waals surface area contributed by atoms with Gasteiger partial charge in [-0.25, -0.2) is 17.2 Å². The van der Waals surface area contributed by atoms with Gasteiger partial charge in [-0.05, 0) is 43.3 Å². The van der Waals surface area contributed by atoms with E-state index < -0.39 is 45.2 Å². The molecule has 2 aromatic heterocycles. The summed E-state index contributed by atoms with van der Waals surface area (Å²) in [6.45, 7) is 0.623. The zero-order valence-corrected chi connectivity index (χ0v) is 18.1. The van der Waals surface area contributed by atoms with Crippen molar-refractivity contribution in [2.45, 2.75) is 24.8 Å². The van der Waals surface area contributed by atoms with E-state index in [0.717, 1.165) is 4.68 Å². The standard InChI is InChI=1S/C17H14ClF2N7O5S/c1-9-16(27(29)30)15(17(19)20)24-26(9)8-14(28)21-10-2-4-11(5-3-10)33(31,32)25-13-7-6-12(18)22-23-13/h2-7,17H,8H2,1H3,(H,21,28)(H,23,25). The molecule has 0 radical (unpaired) electrons. The number of hydrogen-bond acceptors (Lipinski definition) is 8. The average molecular weight is 502 g/mol. The molecule has 1 amide bonds. The number of nitro groups is 1. The predicted molar refractivity (Wildman–Crippen MR) is 111 cm³/mol. The number of nitrogens with zero attached hydrogens (tertiary/aromatic N) is 5. The Bertz CT molecular complexity index is 1300. The van der Waals surface area contributed by atoms with E-state index in [9.17, 15) is 32.1 Å². The van der Waals surface area contributed by atoms with Crippen LogP contribution in [0.15, 0.2) is 41.3 Å². The first kappa shape index (κ1) is 23.9. The van der Waals surface area contributed by atoms with E-state index in [4.69, 9.17) is 11.6 Å². The normalized spacial score (nSPS) is 11.4. The molecule has 174 valence electrons. The molecule has 0 atom stereocenters. The Hall–Kier alpha value is -3.72. The molecular formula is C17H14ClF2N7O5S. The van der Waals surface area contributed by atoms with Crippen LogP contribution in [0.3, 0.4) is 0 Å². The molecule has 0 aliphatic carbocycles. The molecule has 0 saturated carbocycles. The zero-order chi connectivity index (χ0) is 24.3. The lowest BCUT2D eigenvalue weighted by Crippen LogP contribution is -2.20. The van der Waals surface area contributed by atoms with Crippen molar-refractivity contribution in [3.63, 3.8) is 0 Å². The van der Waals surface area contributed by atoms with Gasteiger partial charge >= 0.3 is 5.69 Å². The summed E-state index contributed by atoms with van der Waals surface area (Å²) < 4.78 is 53.9. The third-order valence-corrected chi connectivity index (χ3v) is 5.78. The number of benzene rings is 1. The molecule has 0 spiro atoms. The largest absolute Gasteiger partial charge is 0.324 e. The predicted octanol–water partition coefficient (Wildman–Crippen LogP) is 2.92. The van der Waals surface area contributed by atoms with E-state index >= 15 is 0 Å². The lowest BCUT2D eigenvalue weighted by atomic mass is 10.3. The van der Waals surface area contributed by atoms with E-state index in [0.29, 0.717) is 0 Å². The summed E-state index contributed by atoms with van der Waals surface area (Å²) in [6.07, 6.45) is -3.18. The first-order valence-electron chi connectivity index (χ1n) is 8.89. The van der Waals surface area contributed by atoms with Gasteiger partial charge in [-0.3, -0.25) is 24.3 Å². The number of sulfonamides is 1. The number of carbonyl (C=O) groups is 1. The van der Waals surface area contributed by atoms with E-state index in [1.54, 1.807) is 0 Å². The fraction of sp³-hybridized carbons (Fsp3) is 0.176. The van der Waals surface area contributed by atoms with Crippen molar-refractivity contribution in [2.75, 3.05) is 10.0 Å². The number of carbonyl (C=O) groups excluding carboxylic acids is 1. The summed E-state index contributed by atoms with van der Waals surface area (Å²) in [6, 6.07) is 7.68. The number of hydrogen-bond donors (Lipinski definition) is 2. The van der Waals surface area contributed by atoms with Crippen LogP contribution in [-0.2, 0) is 21.4 Å². The highest BCUT2D eigenvalue weighted by Crippen LogP contribution is 2.30. The van der Waals surface area contributed by atoms with Gasteiger partial charge in [-0.15, -0.1) is 10.2 Å². The maximum absolute atomic E-state index is 13.0. The second kappa shape index (κ2) is 9.41. The second-order valence-electron chi connectivity index (χ2n) is 6.45. The van der Waals surface area contributed by atoms with Crippen molar-refractivity contribution in [3.8, 4) is 0 Å². The van der Waals surface area contributed by atoms with Crippen molar-refractivity contribution in [3.05, 3.63) is 63.1 Å². The third kappa shape index (κ3) is 5.56. The van der Waals surface area contributed by atoms with E-state index in [1.165, 1.54) is 43.3 Å². The molecule has 33 heavy (non-hydrogen) atoms. The highest BCUT2D eigenvalue weighted by molar-refractivity contribution is 7.92. The summed E-state index contributed by atoms with van der Waals surface area (Å²) in [4.78, 5) is 22.2. The van der Waals surface area contributed by atoms with Crippen molar-refractivity contribution >= 4 is 44.7 Å². The lowest BCUT2D eigenvalue weighted by Gasteiger charge is -2.09. The molecule has 12 nitrogen and oxygen atoms in total. The SMILES string of the molecule is Cc1c([N+](=O)[O-])c(C(F)F)nn1CC(=O)Nc1ccc(S(=O)(=O)Nc2ccc(Cl)nn2)cc1. The van der Waals surface area contributed by atoms with Gasteiger partial charge in [0.05, 0.1) is 9.82 Å². The van der Waals surface area contributed by atoms with Gasteiger partial charge < -0.3 is 5.32 Å². The molecule has 0 aliphatic rings. The Balaban J connectivity index is 1.70. The quantitative estimate of drug-likeness (QED) is 0.351. The van der Waals surface area contributed by atoms with Crippen molar-refractivity contribution in [2.24, 2.45) is 0 Å². The van der Waals surface area contributed by atoms with Gasteiger partial charge in [0, 0.05) is 5.69 Å². The van der Waals surface area contributed by atoms with E-state index in [2.05, 4.69) is 25.3 Å². The van der Waals surface area contributed by atoms with Gasteiger partial charge in [0.15, 0.2) is 11.0 Å². The summed E-state index contributed by atoms with van der Waals surface area (Å²) in [7, 11) is -4.00. The zero-order valence-electron chi connectivity index (χ0n) is 16.6. The summed E-state index contributed by atoms with van der Waals surface area (Å²) in [5.41, 5.74) is -1.90. The molecule has 3 aromatic rings. The molecule has 0 unspecified atom stereocenters. The van der Waals surface area contributed by atoms with E-state index in [1.807, 2.05) is 0 Å². The Morgan fingerprint density at radius 2 is 1.88 bits per heavy atom. The molecule has 0 saturated heterocycles. The van der Waals surface area contributed by atoms with Crippen LogP contribution in [0.4, 0.5) is 26.0 Å². The fourth-order valence-corrected chi connectivity index (χ4v) is 3.80. The molecule has 0 aliphatic heterocycles. The van der Waals surface area contributed by atoms with Crippen molar-refractivity contribution in [1.82, 2.24) is 20.0 Å². The van der Waals surface area contributed by atoms with Gasteiger partial charge in [-0.1, -0.05) is 11.6 Å². The minimum Gasteiger partial charge on any atom is -0.324 e. The summed E-state index contributed by atoms with van der Waals surface area (Å²) >= 11 is 5.60. The molecule has 1 aromatic carbocycles. The smallest absolute Gasteiger partial charge is 0.319 e. The lowest BCUT2D eigenvalue weighted by molar-refractivity contribution is -0.386. The first-order valence-corrected chi connectivity index (χ1v) is 10.8. The van der Waals surface area contributed by atoms with Crippen LogP contribution in [0.2, 0.25) is 5.15 Å². The average Bonchev–Trinajstić information content (AvgIpc) is 3.06. The number of anilines is 2. The van der Waals surface area contributed by atoms with Gasteiger partial charge in [-0.2, -0.15) is 5.10 Å². The van der Waals surface area contributed by atoms with Crippen LogP contribution >= 0.6 is 11.6 Å². The van der Waals surface area contributed by atoms with Crippen LogP contribution < -0.4 is 10.0 Å². The first-order chi connectivity index (χ1) is 15.5. The minimum absolute atomic E-state index is 0.0522. The number of alkyl halides is 2. The molecule has 2 N–H and O–H groups in total. The molecule has 16 heteroatoms. The number of rotatable bonds is 8. The van der Waals surface area contributed by atoms with Crippen LogP contribution in [0, 0.1) is 17.0 Å². The molecular weight excluding hydrogens is 488 g/mol. The van der Waals surface area contributed by atoms with Crippen LogP contribution in [-0.4, -0.2) is 39.2 Å². The van der Waals surface area contributed by atoms with Crippen LogP contribution in [0.5, 0.6) is 0 Å². The molecule has 2 heterocycles. The Morgan fingerprint density at radius 1 is 1.21 bits per heavy atom. The minimum atomic E-state index is -4.00. The second-order valence-corrected chi connectivity index (χ2v) is 8.52. The molecule has 0 bridgehead atoms. The summed E-state index contributed by atoms with van der Waals surface area (Å²) in [5.74, 6) is -0.773. The molecule has 3 rings (SSSR count). The monoisotopic (exact) mass is 501 g/mol. The van der Waals surface area contributed by atoms with Gasteiger partial charge in [0.1, 0.15) is 12.2 Å². The maximum Gasteiger partial charge on any atom is 0.319 e. The van der Waals surface area contributed by atoms with Gasteiger partial charge in [0.25, 0.3) is 16.4 Å². The Labute approximate surface area is 189 Å². The maximum atomic E-state index is 13.0. The third-order valence-electron chi connectivity index (χ3n) is 4.20. The Kier molecular flexibility index (Phi) is 6.83. The topological polar surface area (TPSA) is 162 Å². The fourth-order valence-electron chi connectivity index (χ4n) is 2.71. The van der Waals surface area contributed by atoms with Crippen molar-refractivity contribution < 1.29 is 26.9 Å². The number of nitrogens with one attached hydrogen (secondary N) is 2. The number of amides is 1. The van der Waals surface area contributed by atoms with Gasteiger partial charge in [0.2, 0.25) is 11.6 Å². The highest BCUT2D eigenvalue weighted by Gasteiger charge is 2.31.